The van der Waals surface area contributed by atoms with Crippen molar-refractivity contribution in [3.05, 3.63) is 90.1 Å². The molecule has 1 aromatic carbocycles. The zero-order valence-electron chi connectivity index (χ0n) is 14.3. The van der Waals surface area contributed by atoms with Gasteiger partial charge in [0.2, 0.25) is 0 Å². The number of hydrogen-bond donors (Lipinski definition) is 0. The molecule has 0 saturated carbocycles. The molecule has 0 bridgehead atoms. The van der Waals surface area contributed by atoms with Crippen LogP contribution in [0, 0.1) is 17.3 Å². The van der Waals surface area contributed by atoms with Gasteiger partial charge in [-0.05, 0) is 28.9 Å². The summed E-state index contributed by atoms with van der Waals surface area (Å²) in [6.07, 6.45) is 24.1. The van der Waals surface area contributed by atoms with Crippen molar-refractivity contribution in [2.75, 3.05) is 0 Å². The van der Waals surface area contributed by atoms with Gasteiger partial charge in [0.05, 0.1) is 0 Å². The summed E-state index contributed by atoms with van der Waals surface area (Å²) in [5.41, 5.74) is 3.09. The van der Waals surface area contributed by atoms with Gasteiger partial charge in [0.15, 0.2) is 0 Å². The topological polar surface area (TPSA) is 0 Å². The van der Waals surface area contributed by atoms with Crippen LogP contribution in [0.5, 0.6) is 0 Å². The average molecular weight is 449 g/mol. The van der Waals surface area contributed by atoms with Gasteiger partial charge >= 0.3 is 26.2 Å². The smallest absolute Gasteiger partial charge is 1.00 e. The van der Waals surface area contributed by atoms with Crippen molar-refractivity contribution in [2.24, 2.45) is 17.3 Å². The minimum Gasteiger partial charge on any atom is -1.00 e. The number of rotatable bonds is 4. The molecular formula is C22H22Cl2Zr. The molecule has 0 aromatic heterocycles. The average Bonchev–Trinajstić information content (AvgIpc) is 3.28. The molecule has 0 heterocycles. The van der Waals surface area contributed by atoms with E-state index < -0.39 is 0 Å². The van der Waals surface area contributed by atoms with Crippen molar-refractivity contribution in [1.29, 1.82) is 0 Å². The minimum absolute atomic E-state index is 0. The van der Waals surface area contributed by atoms with Crippen molar-refractivity contribution in [2.45, 2.75) is 19.3 Å². The van der Waals surface area contributed by atoms with E-state index in [-0.39, 0.29) is 56.4 Å². The van der Waals surface area contributed by atoms with Crippen LogP contribution < -0.4 is 24.8 Å². The van der Waals surface area contributed by atoms with E-state index in [1.165, 1.54) is 17.5 Å². The van der Waals surface area contributed by atoms with Crippen LogP contribution in [0.1, 0.15) is 30.4 Å². The third-order valence-corrected chi connectivity index (χ3v) is 5.52. The van der Waals surface area contributed by atoms with Crippen LogP contribution in [-0.2, 0) is 26.2 Å². The normalized spacial score (nSPS) is 22.2. The van der Waals surface area contributed by atoms with Crippen LogP contribution >= 0.6 is 0 Å². The van der Waals surface area contributed by atoms with Crippen molar-refractivity contribution in [1.82, 2.24) is 0 Å². The first kappa shape index (κ1) is 22.4. The Hall–Kier alpha value is -0.617. The summed E-state index contributed by atoms with van der Waals surface area (Å²) in [5, 5.41) is 0. The Morgan fingerprint density at radius 2 is 1.44 bits per heavy atom. The molecule has 0 aliphatic heterocycles. The molecule has 3 heteroatoms. The Bertz CT molecular complexity index is 705. The van der Waals surface area contributed by atoms with Gasteiger partial charge in [-0.15, -0.1) is 0 Å². The standard InChI is InChI=1S/C22H22.2ClH.Zr/c1-22(19-11-5-6-12-19,16-17-8-2-3-9-17)21-15-14-18-10-4-7-13-20(18)21;;;/h2-15,17,19,21H,16H2,1H3;2*1H;/q;;;+2/p-2. The summed E-state index contributed by atoms with van der Waals surface area (Å²) in [5.74, 6) is 1.56. The van der Waals surface area contributed by atoms with Gasteiger partial charge in [-0.25, -0.2) is 0 Å². The molecule has 25 heavy (non-hydrogen) atoms. The fraction of sp³-hybridized carbons (Fsp3) is 0.273. The third kappa shape index (κ3) is 4.21. The fourth-order valence-corrected chi connectivity index (χ4v) is 4.29. The van der Waals surface area contributed by atoms with E-state index in [0.29, 0.717) is 17.8 Å². The molecule has 2 unspecified atom stereocenters. The van der Waals surface area contributed by atoms with Crippen LogP contribution in [0.3, 0.4) is 0 Å². The van der Waals surface area contributed by atoms with Crippen LogP contribution in [0.4, 0.5) is 0 Å². The molecule has 0 spiro atoms. The van der Waals surface area contributed by atoms with E-state index in [9.17, 15) is 0 Å². The van der Waals surface area contributed by atoms with E-state index in [1.807, 2.05) is 0 Å². The summed E-state index contributed by atoms with van der Waals surface area (Å²) in [6, 6.07) is 8.86. The van der Waals surface area contributed by atoms with E-state index in [4.69, 9.17) is 0 Å². The van der Waals surface area contributed by atoms with Crippen LogP contribution in [0.15, 0.2) is 78.9 Å². The first-order chi connectivity index (χ1) is 10.8. The maximum atomic E-state index is 2.47. The maximum absolute atomic E-state index is 2.47. The van der Waals surface area contributed by atoms with Gasteiger partial charge in [0, 0.05) is 11.8 Å². The molecule has 1 aromatic rings. The molecule has 4 rings (SSSR count). The Morgan fingerprint density at radius 1 is 0.840 bits per heavy atom. The number of hydrogen-bond acceptors (Lipinski definition) is 0. The van der Waals surface area contributed by atoms with E-state index >= 15 is 0 Å². The molecule has 3 aliphatic carbocycles. The number of fused-ring (bicyclic) bond motifs is 1. The molecule has 128 valence electrons. The molecule has 0 fully saturated rings. The molecule has 0 N–H and O–H groups in total. The van der Waals surface area contributed by atoms with Crippen molar-refractivity contribution in [3.63, 3.8) is 0 Å². The summed E-state index contributed by atoms with van der Waals surface area (Å²) in [6.45, 7) is 2.47. The van der Waals surface area contributed by atoms with Gasteiger partial charge in [-0.3, -0.25) is 0 Å². The summed E-state index contributed by atoms with van der Waals surface area (Å²) in [7, 11) is 0. The van der Waals surface area contributed by atoms with E-state index in [2.05, 4.69) is 91.9 Å². The second-order valence-corrected chi connectivity index (χ2v) is 6.90. The second kappa shape index (κ2) is 9.36. The largest absolute Gasteiger partial charge is 2.00 e. The quantitative estimate of drug-likeness (QED) is 0.593. The summed E-state index contributed by atoms with van der Waals surface area (Å²) >= 11 is 0. The molecule has 0 nitrogen and oxygen atoms in total. The second-order valence-electron chi connectivity index (χ2n) is 6.90. The monoisotopic (exact) mass is 446 g/mol. The zero-order chi connectivity index (χ0) is 15.0. The van der Waals surface area contributed by atoms with Gasteiger partial charge in [-0.2, -0.15) is 0 Å². The van der Waals surface area contributed by atoms with Crippen molar-refractivity contribution < 1.29 is 51.0 Å². The van der Waals surface area contributed by atoms with Crippen LogP contribution in [-0.4, -0.2) is 0 Å². The number of allylic oxidation sites excluding steroid dienone is 9. The Labute approximate surface area is 182 Å². The Kier molecular flexibility index (Phi) is 8.39. The van der Waals surface area contributed by atoms with Gasteiger partial charge in [0.1, 0.15) is 0 Å². The molecule has 0 saturated heterocycles. The van der Waals surface area contributed by atoms with Crippen LogP contribution in [0.2, 0.25) is 0 Å². The first-order valence-electron chi connectivity index (χ1n) is 8.24. The van der Waals surface area contributed by atoms with E-state index in [1.54, 1.807) is 0 Å². The SMILES string of the molecule is CC(CC1C=CC=C1)(C1C=CC=C1)C1C=Cc2ccccc21.[Cl-].[Cl-].[Zr+2]. The molecule has 3 aliphatic rings. The summed E-state index contributed by atoms with van der Waals surface area (Å²) in [4.78, 5) is 0. The van der Waals surface area contributed by atoms with Gasteiger partial charge in [0.25, 0.3) is 0 Å². The predicted molar refractivity (Wildman–Crippen MR) is 94.5 cm³/mol. The third-order valence-electron chi connectivity index (χ3n) is 5.52. The summed E-state index contributed by atoms with van der Waals surface area (Å²) < 4.78 is 0. The Morgan fingerprint density at radius 3 is 2.12 bits per heavy atom. The van der Waals surface area contributed by atoms with Crippen molar-refractivity contribution >= 4 is 6.08 Å². The van der Waals surface area contributed by atoms with Gasteiger partial charge < -0.3 is 24.8 Å². The zero-order valence-corrected chi connectivity index (χ0v) is 18.2. The maximum Gasteiger partial charge on any atom is 2.00 e. The number of benzene rings is 1. The Balaban J connectivity index is 0.00000104. The predicted octanol–water partition coefficient (Wildman–Crippen LogP) is -0.317. The van der Waals surface area contributed by atoms with Crippen LogP contribution in [0.25, 0.3) is 6.08 Å². The fourth-order valence-electron chi connectivity index (χ4n) is 4.29. The molecule has 0 radical (unpaired) electrons. The molecular weight excluding hydrogens is 426 g/mol. The molecule has 0 amide bonds. The molecule has 2 atom stereocenters. The number of halogens is 2. The first-order valence-corrected chi connectivity index (χ1v) is 8.24. The minimum atomic E-state index is 0. The van der Waals surface area contributed by atoms with E-state index in [0.717, 1.165) is 0 Å². The van der Waals surface area contributed by atoms with Gasteiger partial charge in [-0.1, -0.05) is 91.9 Å². The van der Waals surface area contributed by atoms with Crippen molar-refractivity contribution in [3.8, 4) is 0 Å².